The molecular weight excluding hydrogens is 450 g/mol. The minimum Gasteiger partial charge on any atom is -0.443 e. The number of aromatic nitrogens is 4. The molecule has 0 radical (unpaired) electrons. The maximum atomic E-state index is 12.8. The Labute approximate surface area is 173 Å². The Kier molecular flexibility index (Phi) is 5.09. The number of hydrogen-bond acceptors (Lipinski definition) is 8. The topological polar surface area (TPSA) is 98.9 Å². The van der Waals surface area contributed by atoms with Gasteiger partial charge in [-0.2, -0.15) is 10.00 Å². The summed E-state index contributed by atoms with van der Waals surface area (Å²) in [6.45, 7) is 10.3. The van der Waals surface area contributed by atoms with Gasteiger partial charge in [-0.15, -0.1) is 0 Å². The Morgan fingerprint density at radius 3 is 2.21 bits per heavy atom. The lowest BCUT2D eigenvalue weighted by molar-refractivity contribution is 0.0431. The van der Waals surface area contributed by atoms with Crippen LogP contribution in [0.25, 0.3) is 16.0 Å². The number of halogens is 1. The third-order valence-corrected chi connectivity index (χ3v) is 4.80. The Balaban J connectivity index is 2.11. The highest BCUT2D eigenvalue weighted by molar-refractivity contribution is 9.10. The van der Waals surface area contributed by atoms with Gasteiger partial charge in [0.2, 0.25) is 5.13 Å². The molecule has 9 nitrogen and oxygen atoms in total. The summed E-state index contributed by atoms with van der Waals surface area (Å²) in [6, 6.07) is 1.75. The lowest BCUT2D eigenvalue weighted by atomic mass is 10.2. The summed E-state index contributed by atoms with van der Waals surface area (Å²) < 4.78 is 13.1. The lowest BCUT2D eigenvalue weighted by Gasteiger charge is -2.27. The highest BCUT2D eigenvalue weighted by Crippen LogP contribution is 2.33. The Morgan fingerprint density at radius 1 is 1.11 bits per heavy atom. The van der Waals surface area contributed by atoms with Crippen LogP contribution in [0.5, 0.6) is 0 Å². The molecule has 11 heteroatoms. The van der Waals surface area contributed by atoms with E-state index in [4.69, 9.17) is 9.47 Å². The third-order valence-electron chi connectivity index (χ3n) is 3.18. The van der Waals surface area contributed by atoms with Crippen LogP contribution in [-0.2, 0) is 9.47 Å². The van der Waals surface area contributed by atoms with Gasteiger partial charge in [-0.05, 0) is 63.5 Å². The van der Waals surface area contributed by atoms with Crippen molar-refractivity contribution in [2.45, 2.75) is 52.7 Å². The number of carbonyl (C=O) groups excluding carboxylic acids is 2. The van der Waals surface area contributed by atoms with Gasteiger partial charge in [-0.3, -0.25) is 0 Å². The molecule has 3 aromatic heterocycles. The number of pyridine rings is 1. The molecule has 0 atom stereocenters. The minimum absolute atomic E-state index is 0.119. The summed E-state index contributed by atoms with van der Waals surface area (Å²) in [7, 11) is 0. The maximum absolute atomic E-state index is 12.8. The molecule has 0 spiro atoms. The van der Waals surface area contributed by atoms with Gasteiger partial charge in [0.05, 0.1) is 4.47 Å². The summed E-state index contributed by atoms with van der Waals surface area (Å²) in [5.41, 5.74) is -0.447. The molecule has 3 heterocycles. The Morgan fingerprint density at radius 2 is 1.68 bits per heavy atom. The lowest BCUT2D eigenvalue weighted by Crippen LogP contribution is -2.43. The maximum Gasteiger partial charge on any atom is 0.426 e. The summed E-state index contributed by atoms with van der Waals surface area (Å²) >= 11 is 4.53. The van der Waals surface area contributed by atoms with E-state index in [9.17, 15) is 9.59 Å². The van der Waals surface area contributed by atoms with E-state index in [1.54, 1.807) is 52.1 Å². The number of thiazole rings is 1. The van der Waals surface area contributed by atoms with E-state index in [0.717, 1.165) is 16.2 Å². The van der Waals surface area contributed by atoms with Gasteiger partial charge in [-0.25, -0.2) is 24.1 Å². The van der Waals surface area contributed by atoms with E-state index in [1.807, 2.05) is 0 Å². The molecule has 3 aromatic rings. The number of fused-ring (bicyclic) bond motifs is 3. The van der Waals surface area contributed by atoms with Crippen LogP contribution < -0.4 is 4.90 Å². The van der Waals surface area contributed by atoms with Gasteiger partial charge in [0.1, 0.15) is 27.9 Å². The summed E-state index contributed by atoms with van der Waals surface area (Å²) in [4.78, 5) is 35.6. The van der Waals surface area contributed by atoms with Gasteiger partial charge in [0.25, 0.3) is 0 Å². The van der Waals surface area contributed by atoms with Crippen molar-refractivity contribution in [1.29, 1.82) is 0 Å². The average Bonchev–Trinajstić information content (AvgIpc) is 3.09. The monoisotopic (exact) mass is 469 g/mol. The number of hydrogen-bond donors (Lipinski definition) is 0. The van der Waals surface area contributed by atoms with E-state index in [0.29, 0.717) is 20.5 Å². The molecule has 0 fully saturated rings. The van der Waals surface area contributed by atoms with E-state index in [2.05, 4.69) is 31.0 Å². The second kappa shape index (κ2) is 6.96. The fraction of sp³-hybridized carbons (Fsp3) is 0.471. The van der Waals surface area contributed by atoms with Crippen LogP contribution in [-0.4, -0.2) is 43.0 Å². The summed E-state index contributed by atoms with van der Waals surface area (Å²) in [5.74, 6) is 0. The number of carbonyl (C=O) groups is 2. The zero-order valence-corrected chi connectivity index (χ0v) is 18.7. The van der Waals surface area contributed by atoms with Gasteiger partial charge in [0, 0.05) is 0 Å². The van der Waals surface area contributed by atoms with Crippen molar-refractivity contribution in [2.75, 3.05) is 4.90 Å². The first-order valence-corrected chi connectivity index (χ1v) is 10.0. The van der Waals surface area contributed by atoms with Crippen molar-refractivity contribution < 1.29 is 19.1 Å². The highest BCUT2D eigenvalue weighted by atomic mass is 79.9. The van der Waals surface area contributed by atoms with Gasteiger partial charge >= 0.3 is 12.2 Å². The van der Waals surface area contributed by atoms with Crippen molar-refractivity contribution in [1.82, 2.24) is 19.6 Å². The molecule has 0 aliphatic heterocycles. The molecule has 0 aromatic carbocycles. The highest BCUT2D eigenvalue weighted by Gasteiger charge is 2.35. The van der Waals surface area contributed by atoms with E-state index in [1.165, 1.54) is 6.33 Å². The second-order valence-corrected chi connectivity index (χ2v) is 9.78. The molecule has 0 bridgehead atoms. The first-order valence-electron chi connectivity index (χ1n) is 8.40. The van der Waals surface area contributed by atoms with Crippen LogP contribution in [0.3, 0.4) is 0 Å². The molecular formula is C17H20BrN5O4S. The standard InChI is InChI=1S/C17H20BrN5O4S/c1-16(2,3)26-14(24)22(15(25)27-17(4,5)6)13-21-10-7-9(18)11-19-8-20-23(11)12(10)28-13/h7-8H,1-6H3. The zero-order chi connectivity index (χ0) is 20.9. The average molecular weight is 470 g/mol. The largest absolute Gasteiger partial charge is 0.443 e. The SMILES string of the molecule is CC(C)(C)OC(=O)N(C(=O)OC(C)(C)C)c1nc2cc(Br)c3ncnn3c2s1. The Bertz CT molecular complexity index is 1040. The molecule has 3 rings (SSSR count). The predicted molar refractivity (Wildman–Crippen MR) is 109 cm³/mol. The molecule has 0 unspecified atom stereocenters. The molecule has 2 amide bonds. The number of nitrogens with zero attached hydrogens (tertiary/aromatic N) is 5. The number of rotatable bonds is 1. The van der Waals surface area contributed by atoms with E-state index < -0.39 is 23.4 Å². The van der Waals surface area contributed by atoms with Crippen molar-refractivity contribution in [2.24, 2.45) is 0 Å². The van der Waals surface area contributed by atoms with E-state index in [-0.39, 0.29) is 5.13 Å². The fourth-order valence-electron chi connectivity index (χ4n) is 2.24. The number of imide groups is 1. The molecule has 150 valence electrons. The quantitative estimate of drug-likeness (QED) is 0.505. The van der Waals surface area contributed by atoms with Crippen molar-refractivity contribution in [3.8, 4) is 0 Å². The normalized spacial score (nSPS) is 12.4. The van der Waals surface area contributed by atoms with Crippen molar-refractivity contribution in [3.05, 3.63) is 16.9 Å². The molecule has 0 saturated carbocycles. The third kappa shape index (κ3) is 4.25. The smallest absolute Gasteiger partial charge is 0.426 e. The zero-order valence-electron chi connectivity index (χ0n) is 16.3. The summed E-state index contributed by atoms with van der Waals surface area (Å²) in [5, 5.41) is 4.30. The van der Waals surface area contributed by atoms with E-state index >= 15 is 0 Å². The van der Waals surface area contributed by atoms with Crippen molar-refractivity contribution >= 4 is 60.6 Å². The Hall–Kier alpha value is -2.27. The molecule has 0 aliphatic rings. The van der Waals surface area contributed by atoms with Crippen LogP contribution in [0.2, 0.25) is 0 Å². The molecule has 0 N–H and O–H groups in total. The minimum atomic E-state index is -0.866. The van der Waals surface area contributed by atoms with Crippen LogP contribution >= 0.6 is 27.3 Å². The van der Waals surface area contributed by atoms with Gasteiger partial charge < -0.3 is 9.47 Å². The van der Waals surface area contributed by atoms with Crippen LogP contribution in [0.4, 0.5) is 14.7 Å². The number of amides is 2. The molecule has 0 aliphatic carbocycles. The van der Waals surface area contributed by atoms with Crippen molar-refractivity contribution in [3.63, 3.8) is 0 Å². The van der Waals surface area contributed by atoms with Crippen LogP contribution in [0.1, 0.15) is 41.5 Å². The number of ether oxygens (including phenoxy) is 2. The number of anilines is 1. The van der Waals surface area contributed by atoms with Crippen LogP contribution in [0.15, 0.2) is 16.9 Å². The summed E-state index contributed by atoms with van der Waals surface area (Å²) in [6.07, 6.45) is -0.317. The predicted octanol–water partition coefficient (Wildman–Crippen LogP) is 4.78. The van der Waals surface area contributed by atoms with Gasteiger partial charge in [0.15, 0.2) is 5.65 Å². The second-order valence-electron chi connectivity index (χ2n) is 7.97. The van der Waals surface area contributed by atoms with Gasteiger partial charge in [-0.1, -0.05) is 11.3 Å². The molecule has 28 heavy (non-hydrogen) atoms. The fourth-order valence-corrected chi connectivity index (χ4v) is 3.71. The molecule has 0 saturated heterocycles. The first-order chi connectivity index (χ1) is 12.9. The first kappa shape index (κ1) is 20.5. The van der Waals surface area contributed by atoms with Crippen LogP contribution in [0, 0.1) is 0 Å².